The zero-order chi connectivity index (χ0) is 11.8. The number of rotatable bonds is 2. The molecule has 17 heavy (non-hydrogen) atoms. The summed E-state index contributed by atoms with van der Waals surface area (Å²) in [5.41, 5.74) is 0.663. The van der Waals surface area contributed by atoms with E-state index in [-0.39, 0.29) is 34.5 Å². The van der Waals surface area contributed by atoms with Gasteiger partial charge in [-0.1, -0.05) is 0 Å². The van der Waals surface area contributed by atoms with E-state index in [0.29, 0.717) is 10.5 Å². The van der Waals surface area contributed by atoms with Crippen LogP contribution < -0.4 is 29.6 Å². The molecule has 1 aromatic heterocycles. The van der Waals surface area contributed by atoms with Crippen LogP contribution in [0.2, 0.25) is 0 Å². The van der Waals surface area contributed by atoms with Crippen molar-refractivity contribution < 1.29 is 42.5 Å². The van der Waals surface area contributed by atoms with Crippen LogP contribution in [0.15, 0.2) is 35.5 Å². The molecule has 0 bridgehead atoms. The van der Waals surface area contributed by atoms with Crippen LogP contribution in [0.5, 0.6) is 0 Å². The Labute approximate surface area is 125 Å². The summed E-state index contributed by atoms with van der Waals surface area (Å²) in [5.74, 6) is 0. The van der Waals surface area contributed by atoms with E-state index in [1.165, 1.54) is 35.3 Å². The minimum atomic E-state index is -4.15. The molecule has 0 radical (unpaired) electrons. The molecule has 2 rings (SSSR count). The molecule has 0 aliphatic heterocycles. The summed E-state index contributed by atoms with van der Waals surface area (Å²) in [5, 5.41) is 2.76. The van der Waals surface area contributed by atoms with Gasteiger partial charge in [0.15, 0.2) is 0 Å². The molecule has 0 fully saturated rings. The number of nitrogens with one attached hydrogen (secondary N) is 1. The molecule has 1 aromatic carbocycles. The third kappa shape index (κ3) is 3.47. The minimum Gasteiger partial charge on any atom is -0.282 e. The van der Waals surface area contributed by atoms with E-state index in [1.807, 2.05) is 0 Å². The summed E-state index contributed by atoms with van der Waals surface area (Å²) in [6.45, 7) is 0. The van der Waals surface area contributed by atoms with Gasteiger partial charge in [0, 0.05) is 0 Å². The molecule has 1 heterocycles. The molecule has 2 aromatic rings. The summed E-state index contributed by atoms with van der Waals surface area (Å²) < 4.78 is 32.2. The molecule has 0 saturated heterocycles. The third-order valence-corrected chi connectivity index (χ3v) is 2.98. The average Bonchev–Trinajstić information content (AvgIpc) is 2.64. The van der Waals surface area contributed by atoms with Crippen LogP contribution in [-0.4, -0.2) is 27.7 Å². The summed E-state index contributed by atoms with van der Waals surface area (Å²) in [6, 6.07) is 5.63. The molecule has 84 valence electrons. The summed E-state index contributed by atoms with van der Waals surface area (Å²) in [4.78, 5) is 3.66. The van der Waals surface area contributed by atoms with Crippen molar-refractivity contribution in [1.82, 2.24) is 14.8 Å². The van der Waals surface area contributed by atoms with Crippen LogP contribution in [0.4, 0.5) is 0 Å². The number of hydrogen-bond acceptors (Lipinski definition) is 4. The Balaban J connectivity index is 0.00000144. The van der Waals surface area contributed by atoms with Crippen molar-refractivity contribution in [3.8, 4) is 5.69 Å². The van der Waals surface area contributed by atoms with Gasteiger partial charge in [0.2, 0.25) is 4.77 Å². The normalized spacial score (nSPS) is 10.9. The van der Waals surface area contributed by atoms with Gasteiger partial charge in [-0.2, -0.15) is 8.42 Å². The second kappa shape index (κ2) is 5.42. The van der Waals surface area contributed by atoms with Crippen LogP contribution in [0.3, 0.4) is 0 Å². The van der Waals surface area contributed by atoms with Gasteiger partial charge >= 0.3 is 29.6 Å². The minimum absolute atomic E-state index is 0. The van der Waals surface area contributed by atoms with Crippen molar-refractivity contribution in [3.05, 3.63) is 35.4 Å². The van der Waals surface area contributed by atoms with Crippen LogP contribution in [0.1, 0.15) is 0 Å². The smallest absolute Gasteiger partial charge is 0.282 e. The van der Waals surface area contributed by atoms with E-state index in [1.54, 1.807) is 0 Å². The predicted octanol–water partition coefficient (Wildman–Crippen LogP) is -1.82. The molecule has 0 atom stereocenters. The first-order chi connectivity index (χ1) is 7.47. The third-order valence-electron chi connectivity index (χ3n) is 1.92. The van der Waals surface area contributed by atoms with E-state index in [9.17, 15) is 8.42 Å². The monoisotopic (exact) mass is 280 g/mol. The van der Waals surface area contributed by atoms with Gasteiger partial charge in [-0.05, 0) is 36.5 Å². The molecular formula is C8H7N3NaO3S2+. The quantitative estimate of drug-likeness (QED) is 0.384. The molecule has 2 N–H and O–H groups in total. The molecule has 0 unspecified atom stereocenters. The Morgan fingerprint density at radius 2 is 1.88 bits per heavy atom. The Kier molecular flexibility index (Phi) is 4.64. The zero-order valence-corrected chi connectivity index (χ0v) is 12.5. The second-order valence-corrected chi connectivity index (χ2v) is 4.81. The van der Waals surface area contributed by atoms with Gasteiger partial charge in [-0.15, -0.1) is 0 Å². The topological polar surface area (TPSA) is 88.0 Å². The molecule has 0 spiro atoms. The first-order valence-electron chi connectivity index (χ1n) is 4.18. The SMILES string of the molecule is O=S(=O)(O)c1ccc(-n2cnc(=S)[nH]2)cc1.[Na+]. The Morgan fingerprint density at radius 1 is 1.29 bits per heavy atom. The number of aromatic nitrogens is 3. The number of nitrogens with zero attached hydrogens (tertiary/aromatic N) is 2. The van der Waals surface area contributed by atoms with E-state index >= 15 is 0 Å². The van der Waals surface area contributed by atoms with Gasteiger partial charge in [0.1, 0.15) is 6.33 Å². The Bertz CT molecular complexity index is 660. The molecular weight excluding hydrogens is 273 g/mol. The zero-order valence-electron chi connectivity index (χ0n) is 8.86. The van der Waals surface area contributed by atoms with Crippen molar-refractivity contribution in [3.63, 3.8) is 0 Å². The average molecular weight is 280 g/mol. The van der Waals surface area contributed by atoms with E-state index in [2.05, 4.69) is 10.1 Å². The fraction of sp³-hybridized carbons (Fsp3) is 0. The maximum atomic E-state index is 10.8. The van der Waals surface area contributed by atoms with E-state index in [4.69, 9.17) is 16.8 Å². The second-order valence-electron chi connectivity index (χ2n) is 3.00. The Hall–Kier alpha value is -0.510. The van der Waals surface area contributed by atoms with Crippen LogP contribution in [0, 0.1) is 4.77 Å². The van der Waals surface area contributed by atoms with Crippen molar-refractivity contribution in [1.29, 1.82) is 0 Å². The van der Waals surface area contributed by atoms with Crippen molar-refractivity contribution in [2.75, 3.05) is 0 Å². The van der Waals surface area contributed by atoms with Gasteiger partial charge in [-0.25, -0.2) is 9.67 Å². The van der Waals surface area contributed by atoms with E-state index < -0.39 is 10.1 Å². The molecule has 6 nitrogen and oxygen atoms in total. The maximum absolute atomic E-state index is 10.8. The molecule has 0 saturated carbocycles. The number of H-pyrrole nitrogens is 1. The van der Waals surface area contributed by atoms with Crippen LogP contribution in [-0.2, 0) is 10.1 Å². The standard InChI is InChI=1S/C8H7N3O3S2.Na/c12-16(13,14)7-3-1-6(2-4-7)11-5-9-8(15)10-11;/h1-5H,(H,10,15)(H,12,13,14);/q;+1. The van der Waals surface area contributed by atoms with Gasteiger partial charge < -0.3 is 0 Å². The fourth-order valence-electron chi connectivity index (χ4n) is 1.18. The van der Waals surface area contributed by atoms with Crippen molar-refractivity contribution in [2.45, 2.75) is 4.90 Å². The van der Waals surface area contributed by atoms with Gasteiger partial charge in [0.05, 0.1) is 10.6 Å². The van der Waals surface area contributed by atoms with E-state index in [0.717, 1.165) is 0 Å². The molecule has 0 amide bonds. The molecule has 0 aliphatic carbocycles. The fourth-order valence-corrected chi connectivity index (χ4v) is 1.81. The first kappa shape index (κ1) is 14.6. The van der Waals surface area contributed by atoms with Crippen molar-refractivity contribution >= 4 is 22.3 Å². The maximum Gasteiger partial charge on any atom is 1.00 e. The summed E-state index contributed by atoms with van der Waals surface area (Å²) in [6.07, 6.45) is 1.48. The van der Waals surface area contributed by atoms with Gasteiger partial charge in [-0.3, -0.25) is 9.65 Å². The van der Waals surface area contributed by atoms with Crippen LogP contribution >= 0.6 is 12.2 Å². The number of hydrogen-bond donors (Lipinski definition) is 2. The number of benzene rings is 1. The predicted molar refractivity (Wildman–Crippen MR) is 58.6 cm³/mol. The van der Waals surface area contributed by atoms with Crippen LogP contribution in [0.25, 0.3) is 5.69 Å². The summed E-state index contributed by atoms with van der Waals surface area (Å²) >= 11 is 4.79. The van der Waals surface area contributed by atoms with Gasteiger partial charge in [0.25, 0.3) is 10.1 Å². The van der Waals surface area contributed by atoms with Crippen molar-refractivity contribution in [2.24, 2.45) is 0 Å². The molecule has 0 aliphatic rings. The Morgan fingerprint density at radius 3 is 2.29 bits per heavy atom. The largest absolute Gasteiger partial charge is 1.00 e. The summed E-state index contributed by atoms with van der Waals surface area (Å²) in [7, 11) is -4.15. The molecule has 9 heteroatoms. The number of aromatic amines is 1. The first-order valence-corrected chi connectivity index (χ1v) is 6.03.